The zero-order valence-electron chi connectivity index (χ0n) is 10.7. The van der Waals surface area contributed by atoms with E-state index in [-0.39, 0.29) is 12.0 Å². The van der Waals surface area contributed by atoms with E-state index in [1.54, 1.807) is 19.1 Å². The molecule has 0 amide bonds. The Morgan fingerprint density at radius 2 is 1.53 bits per heavy atom. The van der Waals surface area contributed by atoms with Crippen LogP contribution >= 0.6 is 0 Å². The van der Waals surface area contributed by atoms with Crippen molar-refractivity contribution in [2.45, 2.75) is 13.2 Å². The third kappa shape index (κ3) is 3.52. The molecule has 0 spiro atoms. The predicted molar refractivity (Wildman–Crippen MR) is 74.9 cm³/mol. The van der Waals surface area contributed by atoms with Gasteiger partial charge in [0, 0.05) is 6.92 Å². The molecular formula is C16H16O3. The van der Waals surface area contributed by atoms with Gasteiger partial charge < -0.3 is 14.6 Å². The molecule has 3 nitrogen and oxygen atoms in total. The fraction of sp³-hybridized carbons (Fsp3) is 0.125. The smallest absolute Gasteiger partial charge is 0.237 e. The molecule has 0 aromatic heterocycles. The van der Waals surface area contributed by atoms with Crippen LogP contribution in [-0.4, -0.2) is 11.4 Å². The maximum atomic E-state index is 9.26. The third-order valence-electron chi connectivity index (χ3n) is 2.64. The van der Waals surface area contributed by atoms with Gasteiger partial charge in [0.2, 0.25) is 6.29 Å². The van der Waals surface area contributed by atoms with Crippen LogP contribution in [0.15, 0.2) is 61.4 Å². The maximum absolute atomic E-state index is 9.26. The second-order valence-electron chi connectivity index (χ2n) is 4.06. The maximum Gasteiger partial charge on any atom is 0.237 e. The SMILES string of the molecule is C=COC(C)Oc1ccc(-c2ccc(O)cc2)cc1. The Bertz CT molecular complexity index is 529. The first-order valence-corrected chi connectivity index (χ1v) is 6.01. The summed E-state index contributed by atoms with van der Waals surface area (Å²) in [4.78, 5) is 0. The van der Waals surface area contributed by atoms with Crippen molar-refractivity contribution in [3.63, 3.8) is 0 Å². The van der Waals surface area contributed by atoms with Crippen LogP contribution in [0.25, 0.3) is 11.1 Å². The molecule has 1 unspecified atom stereocenters. The van der Waals surface area contributed by atoms with Crippen LogP contribution in [0.1, 0.15) is 6.92 Å². The molecule has 0 saturated heterocycles. The molecule has 0 radical (unpaired) electrons. The molecule has 0 aliphatic rings. The van der Waals surface area contributed by atoms with E-state index in [2.05, 4.69) is 6.58 Å². The van der Waals surface area contributed by atoms with E-state index in [9.17, 15) is 5.11 Å². The van der Waals surface area contributed by atoms with Gasteiger partial charge >= 0.3 is 0 Å². The highest BCUT2D eigenvalue weighted by Crippen LogP contribution is 2.24. The van der Waals surface area contributed by atoms with E-state index in [1.165, 1.54) is 6.26 Å². The number of phenols is 1. The van der Waals surface area contributed by atoms with Crippen molar-refractivity contribution in [2.75, 3.05) is 0 Å². The summed E-state index contributed by atoms with van der Waals surface area (Å²) in [5, 5.41) is 9.26. The summed E-state index contributed by atoms with van der Waals surface area (Å²) in [5.74, 6) is 0.996. The normalized spacial score (nSPS) is 11.6. The standard InChI is InChI=1S/C16H16O3/c1-3-18-12(2)19-16-10-6-14(7-11-16)13-4-8-15(17)9-5-13/h3-12,17H,1H2,2H3. The van der Waals surface area contributed by atoms with Crippen molar-refractivity contribution in [3.8, 4) is 22.6 Å². The van der Waals surface area contributed by atoms with Crippen LogP contribution in [0.2, 0.25) is 0 Å². The van der Waals surface area contributed by atoms with Crippen molar-refractivity contribution >= 4 is 0 Å². The van der Waals surface area contributed by atoms with Gasteiger partial charge in [0.25, 0.3) is 0 Å². The summed E-state index contributed by atoms with van der Waals surface area (Å²) < 4.78 is 10.6. The lowest BCUT2D eigenvalue weighted by atomic mass is 10.1. The van der Waals surface area contributed by atoms with E-state index in [0.29, 0.717) is 0 Å². The van der Waals surface area contributed by atoms with Gasteiger partial charge in [0.05, 0.1) is 6.26 Å². The van der Waals surface area contributed by atoms with Crippen molar-refractivity contribution in [1.29, 1.82) is 0 Å². The van der Waals surface area contributed by atoms with E-state index < -0.39 is 0 Å². The van der Waals surface area contributed by atoms with Gasteiger partial charge in [-0.15, -0.1) is 0 Å². The molecule has 1 N–H and O–H groups in total. The van der Waals surface area contributed by atoms with E-state index in [0.717, 1.165) is 16.9 Å². The first-order valence-electron chi connectivity index (χ1n) is 6.01. The number of phenolic OH excluding ortho intramolecular Hbond substituents is 1. The summed E-state index contributed by atoms with van der Waals surface area (Å²) in [6, 6.07) is 14.8. The molecule has 0 aliphatic heterocycles. The fourth-order valence-corrected chi connectivity index (χ4v) is 1.73. The second-order valence-corrected chi connectivity index (χ2v) is 4.06. The number of ether oxygens (including phenoxy) is 2. The fourth-order valence-electron chi connectivity index (χ4n) is 1.73. The summed E-state index contributed by atoms with van der Waals surface area (Å²) in [7, 11) is 0. The van der Waals surface area contributed by atoms with Crippen molar-refractivity contribution in [2.24, 2.45) is 0 Å². The number of benzene rings is 2. The average Bonchev–Trinajstić information content (AvgIpc) is 2.41. The molecule has 98 valence electrons. The molecule has 19 heavy (non-hydrogen) atoms. The Balaban J connectivity index is 2.09. The Labute approximate surface area is 112 Å². The summed E-state index contributed by atoms with van der Waals surface area (Å²) in [6.07, 6.45) is 0.993. The zero-order valence-corrected chi connectivity index (χ0v) is 10.7. The largest absolute Gasteiger partial charge is 0.508 e. The van der Waals surface area contributed by atoms with Crippen molar-refractivity contribution in [3.05, 3.63) is 61.4 Å². The molecule has 0 heterocycles. The van der Waals surface area contributed by atoms with E-state index in [4.69, 9.17) is 9.47 Å². The van der Waals surface area contributed by atoms with Crippen LogP contribution in [0.5, 0.6) is 11.5 Å². The average molecular weight is 256 g/mol. The van der Waals surface area contributed by atoms with Crippen LogP contribution < -0.4 is 4.74 Å². The summed E-state index contributed by atoms with van der Waals surface area (Å²) in [6.45, 7) is 5.28. The van der Waals surface area contributed by atoms with Crippen molar-refractivity contribution < 1.29 is 14.6 Å². The zero-order chi connectivity index (χ0) is 13.7. The van der Waals surface area contributed by atoms with E-state index in [1.807, 2.05) is 36.4 Å². The molecule has 0 fully saturated rings. The van der Waals surface area contributed by atoms with Crippen LogP contribution in [0.3, 0.4) is 0 Å². The Morgan fingerprint density at radius 3 is 2.05 bits per heavy atom. The molecule has 2 aromatic rings. The molecule has 0 saturated carbocycles. The van der Waals surface area contributed by atoms with Crippen LogP contribution in [0.4, 0.5) is 0 Å². The number of rotatable bonds is 5. The van der Waals surface area contributed by atoms with Crippen molar-refractivity contribution in [1.82, 2.24) is 0 Å². The minimum absolute atomic E-state index is 0.263. The van der Waals surface area contributed by atoms with Crippen LogP contribution in [-0.2, 0) is 4.74 Å². The third-order valence-corrected chi connectivity index (χ3v) is 2.64. The first kappa shape index (κ1) is 13.0. The van der Waals surface area contributed by atoms with Gasteiger partial charge in [-0.25, -0.2) is 0 Å². The molecule has 1 atom stereocenters. The van der Waals surface area contributed by atoms with Gasteiger partial charge in [-0.1, -0.05) is 30.8 Å². The van der Waals surface area contributed by atoms with E-state index >= 15 is 0 Å². The predicted octanol–water partition coefficient (Wildman–Crippen LogP) is 3.94. The first-order chi connectivity index (χ1) is 9.19. The lowest BCUT2D eigenvalue weighted by Gasteiger charge is -2.14. The second kappa shape index (κ2) is 5.96. The molecule has 2 aromatic carbocycles. The monoisotopic (exact) mass is 256 g/mol. The quantitative estimate of drug-likeness (QED) is 0.650. The van der Waals surface area contributed by atoms with Gasteiger partial charge in [-0.2, -0.15) is 0 Å². The molecule has 2 rings (SSSR count). The molecule has 0 bridgehead atoms. The topological polar surface area (TPSA) is 38.7 Å². The minimum atomic E-state index is -0.364. The summed E-state index contributed by atoms with van der Waals surface area (Å²) in [5.41, 5.74) is 2.10. The van der Waals surface area contributed by atoms with Gasteiger partial charge in [0.15, 0.2) is 0 Å². The van der Waals surface area contributed by atoms with Gasteiger partial charge in [0.1, 0.15) is 11.5 Å². The molecule has 0 aliphatic carbocycles. The Hall–Kier alpha value is -2.42. The number of hydrogen-bond acceptors (Lipinski definition) is 3. The lowest BCUT2D eigenvalue weighted by molar-refractivity contribution is -0.0131. The summed E-state index contributed by atoms with van der Waals surface area (Å²) >= 11 is 0. The highest BCUT2D eigenvalue weighted by Gasteiger charge is 2.03. The Kier molecular flexibility index (Phi) is 4.08. The van der Waals surface area contributed by atoms with Crippen LogP contribution in [0, 0.1) is 0 Å². The number of hydrogen-bond donors (Lipinski definition) is 1. The molecular weight excluding hydrogens is 240 g/mol. The highest BCUT2D eigenvalue weighted by atomic mass is 16.7. The van der Waals surface area contributed by atoms with Gasteiger partial charge in [-0.3, -0.25) is 0 Å². The van der Waals surface area contributed by atoms with Gasteiger partial charge in [-0.05, 0) is 35.4 Å². The molecule has 3 heteroatoms. The number of aromatic hydroxyl groups is 1. The Morgan fingerprint density at radius 1 is 1.00 bits per heavy atom. The minimum Gasteiger partial charge on any atom is -0.508 e. The lowest BCUT2D eigenvalue weighted by Crippen LogP contribution is -2.12. The highest BCUT2D eigenvalue weighted by molar-refractivity contribution is 5.64.